The van der Waals surface area contributed by atoms with Gasteiger partial charge in [0.1, 0.15) is 5.75 Å². The molecule has 0 heterocycles. The summed E-state index contributed by atoms with van der Waals surface area (Å²) < 4.78 is 13.1. The van der Waals surface area contributed by atoms with E-state index in [1.54, 1.807) is 18.2 Å². The van der Waals surface area contributed by atoms with E-state index in [0.29, 0.717) is 11.3 Å². The lowest BCUT2D eigenvalue weighted by atomic mass is 10.2. The van der Waals surface area contributed by atoms with Crippen molar-refractivity contribution >= 4 is 17.3 Å². The van der Waals surface area contributed by atoms with Crippen LogP contribution in [0.2, 0.25) is 5.02 Å². The fraction of sp³-hybridized carbons (Fsp3) is 0.0769. The van der Waals surface area contributed by atoms with Crippen molar-refractivity contribution in [2.75, 3.05) is 5.32 Å². The maximum absolute atomic E-state index is 13.1. The Morgan fingerprint density at radius 1 is 1.17 bits per heavy atom. The first-order chi connectivity index (χ1) is 8.58. The van der Waals surface area contributed by atoms with Gasteiger partial charge in [-0.15, -0.1) is 0 Å². The van der Waals surface area contributed by atoms with Gasteiger partial charge >= 0.3 is 0 Å². The van der Waals surface area contributed by atoms with E-state index in [2.05, 4.69) is 5.32 Å². The lowest BCUT2D eigenvalue weighted by molar-refractivity contribution is 0.427. The van der Waals surface area contributed by atoms with Crippen molar-refractivity contribution in [2.24, 2.45) is 0 Å². The normalized spacial score (nSPS) is 10.3. The van der Waals surface area contributed by atoms with Crippen LogP contribution >= 0.6 is 11.6 Å². The summed E-state index contributed by atoms with van der Waals surface area (Å²) in [6.07, 6.45) is 0. The average Bonchev–Trinajstić information content (AvgIpc) is 2.35. The van der Waals surface area contributed by atoms with Gasteiger partial charge in [-0.1, -0.05) is 23.7 Å². The molecule has 0 fully saturated rings. The molecule has 0 aliphatic carbocycles. The van der Waals surface area contributed by atoms with Crippen LogP contribution in [0.3, 0.4) is 0 Å². The summed E-state index contributed by atoms with van der Waals surface area (Å²) >= 11 is 5.75. The van der Waals surface area contributed by atoms with Crippen LogP contribution in [-0.2, 0) is 6.54 Å². The molecule has 5 heteroatoms. The van der Waals surface area contributed by atoms with Crippen molar-refractivity contribution in [3.05, 3.63) is 52.8 Å². The Kier molecular flexibility index (Phi) is 3.58. The number of nitrogens with one attached hydrogen (secondary N) is 1. The molecule has 0 bridgehead atoms. The maximum atomic E-state index is 13.1. The van der Waals surface area contributed by atoms with E-state index in [0.717, 1.165) is 0 Å². The van der Waals surface area contributed by atoms with Gasteiger partial charge in [0.15, 0.2) is 11.6 Å². The van der Waals surface area contributed by atoms with Gasteiger partial charge in [0, 0.05) is 17.8 Å². The minimum absolute atomic E-state index is 0.00387. The molecule has 3 nitrogen and oxygen atoms in total. The predicted octanol–water partition coefficient (Wildman–Crippen LogP) is 3.50. The lowest BCUT2D eigenvalue weighted by Crippen LogP contribution is -2.00. The van der Waals surface area contributed by atoms with E-state index >= 15 is 0 Å². The van der Waals surface area contributed by atoms with Gasteiger partial charge in [-0.05, 0) is 24.3 Å². The highest BCUT2D eigenvalue weighted by Gasteiger charge is 2.06. The summed E-state index contributed by atoms with van der Waals surface area (Å²) in [5.74, 6) is -1.02. The molecule has 0 saturated heterocycles. The summed E-state index contributed by atoms with van der Waals surface area (Å²) in [6, 6.07) is 8.97. The highest BCUT2D eigenvalue weighted by atomic mass is 35.5. The lowest BCUT2D eigenvalue weighted by Gasteiger charge is -2.09. The standard InChI is InChI=1S/C13H11ClFNO2/c14-10-6-9(4-5-12(10)17)16-7-8-2-1-3-11(15)13(8)18/h1-6,16-18H,7H2. The number of anilines is 1. The molecular formula is C13H11ClFNO2. The number of aromatic hydroxyl groups is 2. The third kappa shape index (κ3) is 2.65. The van der Waals surface area contributed by atoms with Crippen LogP contribution in [0.15, 0.2) is 36.4 Å². The highest BCUT2D eigenvalue weighted by Crippen LogP contribution is 2.27. The molecule has 18 heavy (non-hydrogen) atoms. The molecule has 0 aliphatic rings. The smallest absolute Gasteiger partial charge is 0.165 e. The van der Waals surface area contributed by atoms with Crippen LogP contribution in [0, 0.1) is 5.82 Å². The zero-order chi connectivity index (χ0) is 13.1. The quantitative estimate of drug-likeness (QED) is 0.746. The first-order valence-electron chi connectivity index (χ1n) is 5.26. The van der Waals surface area contributed by atoms with Crippen molar-refractivity contribution in [1.29, 1.82) is 0 Å². The number of halogens is 2. The third-order valence-electron chi connectivity index (χ3n) is 2.50. The number of rotatable bonds is 3. The van der Waals surface area contributed by atoms with E-state index in [4.69, 9.17) is 11.6 Å². The van der Waals surface area contributed by atoms with Crippen molar-refractivity contribution in [3.8, 4) is 11.5 Å². The largest absolute Gasteiger partial charge is 0.506 e. The molecule has 0 unspecified atom stereocenters. The number of hydrogen-bond acceptors (Lipinski definition) is 3. The predicted molar refractivity (Wildman–Crippen MR) is 68.5 cm³/mol. The van der Waals surface area contributed by atoms with E-state index < -0.39 is 5.82 Å². The minimum atomic E-state index is -0.655. The molecule has 0 atom stereocenters. The van der Waals surface area contributed by atoms with Crippen molar-refractivity contribution < 1.29 is 14.6 Å². The first kappa shape index (κ1) is 12.5. The van der Waals surface area contributed by atoms with Gasteiger partial charge in [0.25, 0.3) is 0 Å². The molecule has 0 saturated carbocycles. The molecule has 0 aromatic heterocycles. The van der Waals surface area contributed by atoms with Crippen LogP contribution < -0.4 is 5.32 Å². The zero-order valence-corrected chi connectivity index (χ0v) is 10.1. The van der Waals surface area contributed by atoms with E-state index in [-0.39, 0.29) is 23.1 Å². The van der Waals surface area contributed by atoms with Gasteiger partial charge in [0.2, 0.25) is 0 Å². The molecule has 2 aromatic carbocycles. The van der Waals surface area contributed by atoms with Crippen LogP contribution in [0.25, 0.3) is 0 Å². The second-order valence-corrected chi connectivity index (χ2v) is 4.17. The van der Waals surface area contributed by atoms with Crippen LogP contribution in [0.1, 0.15) is 5.56 Å². The monoisotopic (exact) mass is 267 g/mol. The fourth-order valence-electron chi connectivity index (χ4n) is 1.52. The molecule has 0 amide bonds. The Hall–Kier alpha value is -1.94. The van der Waals surface area contributed by atoms with Crippen molar-refractivity contribution in [2.45, 2.75) is 6.54 Å². The van der Waals surface area contributed by atoms with Crippen LogP contribution in [-0.4, -0.2) is 10.2 Å². The molecule has 0 spiro atoms. The molecule has 0 radical (unpaired) electrons. The van der Waals surface area contributed by atoms with E-state index in [1.807, 2.05) is 0 Å². The average molecular weight is 268 g/mol. The molecular weight excluding hydrogens is 257 g/mol. The number of hydrogen-bond donors (Lipinski definition) is 3. The van der Waals surface area contributed by atoms with Crippen molar-refractivity contribution in [3.63, 3.8) is 0 Å². The van der Waals surface area contributed by atoms with Crippen LogP contribution in [0.4, 0.5) is 10.1 Å². The maximum Gasteiger partial charge on any atom is 0.165 e. The van der Waals surface area contributed by atoms with Crippen LogP contribution in [0.5, 0.6) is 11.5 Å². The zero-order valence-electron chi connectivity index (χ0n) is 9.32. The molecule has 0 aliphatic heterocycles. The highest BCUT2D eigenvalue weighted by molar-refractivity contribution is 6.32. The summed E-state index contributed by atoms with van der Waals surface area (Å²) in [4.78, 5) is 0. The summed E-state index contributed by atoms with van der Waals surface area (Å²) in [5, 5.41) is 22.0. The minimum Gasteiger partial charge on any atom is -0.506 e. The second-order valence-electron chi connectivity index (χ2n) is 3.77. The summed E-state index contributed by atoms with van der Waals surface area (Å²) in [7, 11) is 0. The Balaban J connectivity index is 2.11. The van der Waals surface area contributed by atoms with Gasteiger partial charge < -0.3 is 15.5 Å². The van der Waals surface area contributed by atoms with Gasteiger partial charge in [-0.3, -0.25) is 0 Å². The fourth-order valence-corrected chi connectivity index (χ4v) is 1.70. The number of benzene rings is 2. The Bertz CT molecular complexity index is 575. The van der Waals surface area contributed by atoms with Gasteiger partial charge in [0.05, 0.1) is 5.02 Å². The van der Waals surface area contributed by atoms with E-state index in [1.165, 1.54) is 18.2 Å². The number of para-hydroxylation sites is 1. The van der Waals surface area contributed by atoms with Crippen molar-refractivity contribution in [1.82, 2.24) is 0 Å². The number of phenolic OH excluding ortho intramolecular Hbond substituents is 2. The van der Waals surface area contributed by atoms with Gasteiger partial charge in [-0.25, -0.2) is 4.39 Å². The first-order valence-corrected chi connectivity index (χ1v) is 5.64. The number of phenols is 2. The SMILES string of the molecule is Oc1ccc(NCc2cccc(F)c2O)cc1Cl. The second kappa shape index (κ2) is 5.14. The topological polar surface area (TPSA) is 52.5 Å². The Labute approximate surface area is 108 Å². The molecule has 3 N–H and O–H groups in total. The molecule has 94 valence electrons. The Morgan fingerprint density at radius 2 is 1.94 bits per heavy atom. The summed E-state index contributed by atoms with van der Waals surface area (Å²) in [5.41, 5.74) is 1.11. The van der Waals surface area contributed by atoms with E-state index in [9.17, 15) is 14.6 Å². The Morgan fingerprint density at radius 3 is 2.67 bits per heavy atom. The molecule has 2 rings (SSSR count). The van der Waals surface area contributed by atoms with Gasteiger partial charge in [-0.2, -0.15) is 0 Å². The summed E-state index contributed by atoms with van der Waals surface area (Å²) in [6.45, 7) is 0.255. The molecule has 2 aromatic rings. The third-order valence-corrected chi connectivity index (χ3v) is 2.80.